The maximum absolute atomic E-state index is 4.83. The average Bonchev–Trinajstić information content (AvgIpc) is 3.07. The first-order valence-corrected chi connectivity index (χ1v) is 5.21. The zero-order chi connectivity index (χ0) is 11.1. The molecule has 0 amide bonds. The van der Waals surface area contributed by atoms with Crippen LogP contribution in [0, 0.1) is 0 Å². The monoisotopic (exact) mass is 218 g/mol. The van der Waals surface area contributed by atoms with Crippen molar-refractivity contribution in [3.63, 3.8) is 0 Å². The van der Waals surface area contributed by atoms with E-state index in [0.717, 1.165) is 31.1 Å². The predicted molar refractivity (Wildman–Crippen MR) is 60.8 cm³/mol. The molecular weight excluding hydrogens is 204 g/mol. The van der Waals surface area contributed by atoms with E-state index in [9.17, 15) is 0 Å². The fourth-order valence-corrected chi connectivity index (χ4v) is 1.33. The lowest BCUT2D eigenvalue weighted by Gasteiger charge is -1.90. The van der Waals surface area contributed by atoms with Gasteiger partial charge in [-0.1, -0.05) is 35.5 Å². The molecule has 0 atom stereocenters. The molecule has 0 unspecified atom stereocenters. The third-order valence-electron chi connectivity index (χ3n) is 2.13. The van der Waals surface area contributed by atoms with Gasteiger partial charge in [0.05, 0.1) is 13.3 Å². The van der Waals surface area contributed by atoms with Gasteiger partial charge in [-0.05, 0) is 0 Å². The summed E-state index contributed by atoms with van der Waals surface area (Å²) in [5.74, 6) is 0. The number of hydrogen-bond donors (Lipinski definition) is 1. The Morgan fingerprint density at radius 2 is 2.00 bits per heavy atom. The van der Waals surface area contributed by atoms with Gasteiger partial charge in [0, 0.05) is 18.2 Å². The van der Waals surface area contributed by atoms with Crippen LogP contribution in [0.25, 0.3) is 11.3 Å². The molecule has 84 valence electrons. The van der Waals surface area contributed by atoms with Gasteiger partial charge in [-0.2, -0.15) is 0 Å². The first-order valence-electron chi connectivity index (χ1n) is 5.21. The summed E-state index contributed by atoms with van der Waals surface area (Å²) in [5.41, 5.74) is 1.96. The minimum absolute atomic E-state index is 0.750. The van der Waals surface area contributed by atoms with Crippen LogP contribution in [0.15, 0.2) is 47.2 Å². The van der Waals surface area contributed by atoms with E-state index in [1.165, 1.54) is 0 Å². The zero-order valence-corrected chi connectivity index (χ0v) is 8.93. The van der Waals surface area contributed by atoms with Crippen LogP contribution in [0.3, 0.4) is 0 Å². The number of nitrogens with one attached hydrogen (secondary N) is 1. The molecule has 2 aromatic rings. The van der Waals surface area contributed by atoms with Crippen molar-refractivity contribution in [2.75, 3.05) is 19.9 Å². The Hall–Kier alpha value is -1.65. The molecule has 1 aromatic carbocycles. The normalized spacial score (nSPS) is 14.2. The van der Waals surface area contributed by atoms with Crippen LogP contribution in [0.4, 0.5) is 0 Å². The van der Waals surface area contributed by atoms with Crippen molar-refractivity contribution in [1.82, 2.24) is 10.5 Å². The summed E-state index contributed by atoms with van der Waals surface area (Å²) in [5, 5.41) is 6.81. The van der Waals surface area contributed by atoms with Crippen LogP contribution in [-0.4, -0.2) is 25.0 Å². The van der Waals surface area contributed by atoms with E-state index in [1.807, 2.05) is 36.4 Å². The third kappa shape index (κ3) is 3.18. The second kappa shape index (κ2) is 6.05. The Kier molecular flexibility index (Phi) is 4.10. The maximum atomic E-state index is 4.83. The van der Waals surface area contributed by atoms with Crippen molar-refractivity contribution >= 4 is 0 Å². The number of hydrogen-bond acceptors (Lipinski definition) is 4. The second-order valence-corrected chi connectivity index (χ2v) is 3.30. The van der Waals surface area contributed by atoms with Crippen molar-refractivity contribution in [3.8, 4) is 11.3 Å². The Morgan fingerprint density at radius 3 is 2.50 bits per heavy atom. The number of nitrogens with zero attached hydrogens (tertiary/aromatic N) is 1. The van der Waals surface area contributed by atoms with Gasteiger partial charge in [-0.15, -0.1) is 0 Å². The van der Waals surface area contributed by atoms with Gasteiger partial charge in [-0.25, -0.2) is 0 Å². The second-order valence-electron chi connectivity index (χ2n) is 3.30. The highest BCUT2D eigenvalue weighted by Gasteiger charge is 1.96. The molecule has 1 saturated heterocycles. The van der Waals surface area contributed by atoms with Gasteiger partial charge < -0.3 is 9.26 Å². The van der Waals surface area contributed by atoms with E-state index in [2.05, 4.69) is 10.5 Å². The van der Waals surface area contributed by atoms with Crippen molar-refractivity contribution in [1.29, 1.82) is 0 Å². The van der Waals surface area contributed by atoms with Crippen LogP contribution < -0.4 is 5.32 Å². The summed E-state index contributed by atoms with van der Waals surface area (Å²) in [4.78, 5) is 0. The van der Waals surface area contributed by atoms with Crippen molar-refractivity contribution < 1.29 is 9.26 Å². The smallest absolute Gasteiger partial charge is 0.124 e. The molecular formula is C12H14N2O2. The molecule has 0 radical (unpaired) electrons. The molecule has 0 saturated carbocycles. The van der Waals surface area contributed by atoms with Crippen LogP contribution in [0.2, 0.25) is 0 Å². The molecule has 2 heterocycles. The molecule has 4 heteroatoms. The molecule has 1 aliphatic rings. The van der Waals surface area contributed by atoms with Gasteiger partial charge in [-0.3, -0.25) is 5.32 Å². The van der Waals surface area contributed by atoms with Crippen LogP contribution in [0.1, 0.15) is 0 Å². The Balaban J connectivity index is 0.000000162. The van der Waals surface area contributed by atoms with E-state index < -0.39 is 0 Å². The first-order chi connectivity index (χ1) is 7.97. The molecule has 0 spiro atoms. The number of benzene rings is 1. The Labute approximate surface area is 94.2 Å². The van der Waals surface area contributed by atoms with E-state index in [0.29, 0.717) is 0 Å². The highest BCUT2D eigenvalue weighted by molar-refractivity contribution is 5.57. The fraction of sp³-hybridized carbons (Fsp3) is 0.250. The summed E-state index contributed by atoms with van der Waals surface area (Å²) in [7, 11) is 0. The third-order valence-corrected chi connectivity index (χ3v) is 2.13. The summed E-state index contributed by atoms with van der Waals surface area (Å²) in [6.45, 7) is 2.67. The molecule has 16 heavy (non-hydrogen) atoms. The van der Waals surface area contributed by atoms with Crippen LogP contribution in [-0.2, 0) is 4.74 Å². The van der Waals surface area contributed by atoms with Gasteiger partial charge in [0.1, 0.15) is 12.0 Å². The molecule has 4 nitrogen and oxygen atoms in total. The summed E-state index contributed by atoms with van der Waals surface area (Å²) >= 11 is 0. The number of ether oxygens (including phenoxy) is 1. The zero-order valence-electron chi connectivity index (χ0n) is 8.93. The predicted octanol–water partition coefficient (Wildman–Crippen LogP) is 1.91. The van der Waals surface area contributed by atoms with Gasteiger partial charge in [0.15, 0.2) is 0 Å². The molecule has 1 N–H and O–H groups in total. The Bertz CT molecular complexity index is 375. The van der Waals surface area contributed by atoms with E-state index >= 15 is 0 Å². The lowest BCUT2D eigenvalue weighted by Crippen LogP contribution is -2.05. The summed E-state index contributed by atoms with van der Waals surface area (Å²) < 4.78 is 9.55. The van der Waals surface area contributed by atoms with Gasteiger partial charge >= 0.3 is 0 Å². The average molecular weight is 218 g/mol. The SMILES string of the molecule is C1COCN1.c1ccc(-c2ccon2)cc1. The fourth-order valence-electron chi connectivity index (χ4n) is 1.33. The summed E-state index contributed by atoms with van der Waals surface area (Å²) in [6.07, 6.45) is 1.57. The number of rotatable bonds is 1. The van der Waals surface area contributed by atoms with Crippen molar-refractivity contribution in [3.05, 3.63) is 42.7 Å². The lowest BCUT2D eigenvalue weighted by molar-refractivity contribution is 0.194. The van der Waals surface area contributed by atoms with E-state index in [1.54, 1.807) is 6.26 Å². The van der Waals surface area contributed by atoms with Gasteiger partial charge in [0.25, 0.3) is 0 Å². The van der Waals surface area contributed by atoms with E-state index in [4.69, 9.17) is 9.26 Å². The standard InChI is InChI=1S/C9H7NO.C3H7NO/c1-2-4-8(5-3-1)9-6-7-11-10-9;1-2-5-3-4-1/h1-7H;4H,1-3H2. The molecule has 0 bridgehead atoms. The molecule has 1 aromatic heterocycles. The number of aromatic nitrogens is 1. The summed E-state index contributed by atoms with van der Waals surface area (Å²) in [6, 6.07) is 11.8. The van der Waals surface area contributed by atoms with Crippen LogP contribution in [0.5, 0.6) is 0 Å². The maximum Gasteiger partial charge on any atom is 0.124 e. The largest absolute Gasteiger partial charge is 0.365 e. The molecule has 0 aliphatic carbocycles. The first kappa shape index (κ1) is 10.9. The molecule has 3 rings (SSSR count). The van der Waals surface area contributed by atoms with E-state index in [-0.39, 0.29) is 0 Å². The molecule has 1 aliphatic heterocycles. The topological polar surface area (TPSA) is 47.3 Å². The highest BCUT2D eigenvalue weighted by Crippen LogP contribution is 2.14. The van der Waals surface area contributed by atoms with Gasteiger partial charge in [0.2, 0.25) is 0 Å². The quantitative estimate of drug-likeness (QED) is 0.794. The highest BCUT2D eigenvalue weighted by atomic mass is 16.5. The molecule has 1 fully saturated rings. The minimum atomic E-state index is 0.750. The van der Waals surface area contributed by atoms with Crippen LogP contribution >= 0.6 is 0 Å². The Morgan fingerprint density at radius 1 is 1.12 bits per heavy atom. The van der Waals surface area contributed by atoms with Crippen molar-refractivity contribution in [2.24, 2.45) is 0 Å². The lowest BCUT2D eigenvalue weighted by atomic mass is 10.2. The van der Waals surface area contributed by atoms with Crippen molar-refractivity contribution in [2.45, 2.75) is 0 Å². The minimum Gasteiger partial charge on any atom is -0.365 e.